The summed E-state index contributed by atoms with van der Waals surface area (Å²) in [6, 6.07) is 0. The number of fused-ring (bicyclic) bond motifs is 1. The normalized spacial score (nSPS) is 52.2. The Kier molecular flexibility index (Phi) is 5.65. The highest BCUT2D eigenvalue weighted by molar-refractivity contribution is 4.94. The van der Waals surface area contributed by atoms with Gasteiger partial charge in [0.25, 0.3) is 0 Å². The summed E-state index contributed by atoms with van der Waals surface area (Å²) >= 11 is 0. The van der Waals surface area contributed by atoms with Crippen molar-refractivity contribution in [3.63, 3.8) is 0 Å². The van der Waals surface area contributed by atoms with Crippen LogP contribution in [0.2, 0.25) is 0 Å². The van der Waals surface area contributed by atoms with E-state index < -0.39 is 74.6 Å². The van der Waals surface area contributed by atoms with Crippen molar-refractivity contribution in [2.75, 3.05) is 13.2 Å². The summed E-state index contributed by atoms with van der Waals surface area (Å²) in [7, 11) is 0. The van der Waals surface area contributed by atoms with E-state index in [0.29, 0.717) is 0 Å². The van der Waals surface area contributed by atoms with Gasteiger partial charge in [0.1, 0.15) is 36.6 Å². The van der Waals surface area contributed by atoms with Crippen molar-refractivity contribution in [1.82, 2.24) is 0 Å². The Bertz CT molecular complexity index is 421. The van der Waals surface area contributed by atoms with Crippen LogP contribution in [0.15, 0.2) is 0 Å². The smallest absolute Gasteiger partial charge is 0.187 e. The third-order valence-corrected chi connectivity index (χ3v) is 4.23. The minimum absolute atomic E-state index is 0.491. The summed E-state index contributed by atoms with van der Waals surface area (Å²) in [4.78, 5) is 9.52. The van der Waals surface area contributed by atoms with Crippen LogP contribution in [0.4, 0.5) is 0 Å². The van der Waals surface area contributed by atoms with Crippen molar-refractivity contribution in [2.45, 2.75) is 61.4 Å². The highest BCUT2D eigenvalue weighted by Gasteiger charge is 2.54. The lowest BCUT2D eigenvalue weighted by molar-refractivity contribution is -0.468. The van der Waals surface area contributed by atoms with Crippen molar-refractivity contribution in [3.8, 4) is 0 Å². The molecular formula is C12H20O12. The molecule has 0 aromatic heterocycles. The van der Waals surface area contributed by atoms with Gasteiger partial charge in [0.05, 0.1) is 13.2 Å². The lowest BCUT2D eigenvalue weighted by atomic mass is 9.97. The van der Waals surface area contributed by atoms with E-state index in [1.165, 1.54) is 0 Å². The van der Waals surface area contributed by atoms with Crippen LogP contribution < -0.4 is 0 Å². The molecule has 0 amide bonds. The van der Waals surface area contributed by atoms with Gasteiger partial charge in [0.2, 0.25) is 0 Å². The Morgan fingerprint density at radius 3 is 2.08 bits per heavy atom. The monoisotopic (exact) mass is 356 g/mol. The van der Waals surface area contributed by atoms with E-state index >= 15 is 0 Å². The van der Waals surface area contributed by atoms with Gasteiger partial charge in [-0.15, -0.1) is 0 Å². The molecule has 24 heavy (non-hydrogen) atoms. The second kappa shape index (κ2) is 7.41. The van der Waals surface area contributed by atoms with Crippen LogP contribution in [0.3, 0.4) is 0 Å². The molecule has 3 heterocycles. The molecule has 0 aromatic carbocycles. The number of ether oxygens (including phenoxy) is 3. The predicted molar refractivity (Wildman–Crippen MR) is 67.4 cm³/mol. The van der Waals surface area contributed by atoms with Gasteiger partial charge in [-0.1, -0.05) is 5.04 Å². The highest BCUT2D eigenvalue weighted by atomic mass is 17.5. The molecule has 140 valence electrons. The van der Waals surface area contributed by atoms with Gasteiger partial charge in [-0.2, -0.15) is 9.78 Å². The summed E-state index contributed by atoms with van der Waals surface area (Å²) in [6.07, 6.45) is -13.2. The number of aliphatic hydroxyl groups is 6. The first-order valence-electron chi connectivity index (χ1n) is 7.37. The van der Waals surface area contributed by atoms with Gasteiger partial charge in [-0.05, 0) is 0 Å². The van der Waals surface area contributed by atoms with E-state index in [1.807, 2.05) is 0 Å². The van der Waals surface area contributed by atoms with Gasteiger partial charge >= 0.3 is 0 Å². The summed E-state index contributed by atoms with van der Waals surface area (Å²) in [6.45, 7) is -1.12. The summed E-state index contributed by atoms with van der Waals surface area (Å²) in [5.41, 5.74) is 0. The van der Waals surface area contributed by atoms with Crippen LogP contribution in [-0.4, -0.2) is 105 Å². The molecule has 12 nitrogen and oxygen atoms in total. The van der Waals surface area contributed by atoms with E-state index in [4.69, 9.17) is 24.0 Å². The van der Waals surface area contributed by atoms with Gasteiger partial charge < -0.3 is 44.8 Å². The van der Waals surface area contributed by atoms with E-state index in [-0.39, 0.29) is 0 Å². The van der Waals surface area contributed by atoms with Gasteiger partial charge in [-0.3, -0.25) is 0 Å². The van der Waals surface area contributed by atoms with Crippen LogP contribution >= 0.6 is 0 Å². The molecule has 0 radical (unpaired) electrons. The Morgan fingerprint density at radius 1 is 0.750 bits per heavy atom. The number of hydrogen-bond acceptors (Lipinski definition) is 12. The van der Waals surface area contributed by atoms with E-state index in [0.717, 1.165) is 0 Å². The highest BCUT2D eigenvalue weighted by Crippen LogP contribution is 2.33. The average Bonchev–Trinajstić information content (AvgIpc) is 3.07. The number of rotatable bonds is 4. The summed E-state index contributed by atoms with van der Waals surface area (Å²) in [5, 5.41) is 62.4. The molecule has 3 aliphatic rings. The molecule has 6 N–H and O–H groups in total. The lowest BCUT2D eigenvalue weighted by Gasteiger charge is -2.44. The standard InChI is InChI=1S/C12H20O12/c13-1-3-8(5(15)6(16)11(18)19-3)21-12-7(17)10-9(22-24-23-10)4(2-14)20-12/h3-18H,1-2H2/t3-,4-,5-,6-,7-,8-,9-,10-,11-,12+/m1/s1. The second-order valence-electron chi connectivity index (χ2n) is 5.74. The zero-order valence-corrected chi connectivity index (χ0v) is 12.3. The molecule has 0 aromatic rings. The lowest BCUT2D eigenvalue weighted by Crippen LogP contribution is -2.64. The first-order valence-corrected chi connectivity index (χ1v) is 7.37. The fourth-order valence-corrected chi connectivity index (χ4v) is 2.88. The van der Waals surface area contributed by atoms with Crippen LogP contribution in [0, 0.1) is 0 Å². The van der Waals surface area contributed by atoms with Gasteiger partial charge in [0, 0.05) is 0 Å². The zero-order valence-electron chi connectivity index (χ0n) is 12.3. The topological polar surface area (TPSA) is 177 Å². The Morgan fingerprint density at radius 2 is 1.42 bits per heavy atom. The average molecular weight is 356 g/mol. The maximum absolute atomic E-state index is 10.2. The quantitative estimate of drug-likeness (QED) is 0.267. The predicted octanol–water partition coefficient (Wildman–Crippen LogP) is -4.49. The van der Waals surface area contributed by atoms with E-state index in [2.05, 4.69) is 5.04 Å². The van der Waals surface area contributed by atoms with E-state index in [1.54, 1.807) is 0 Å². The van der Waals surface area contributed by atoms with Gasteiger partial charge in [0.15, 0.2) is 24.8 Å². The zero-order chi connectivity index (χ0) is 17.4. The fraction of sp³-hybridized carbons (Fsp3) is 1.00. The van der Waals surface area contributed by atoms with Crippen molar-refractivity contribution in [1.29, 1.82) is 0 Å². The molecular weight excluding hydrogens is 336 g/mol. The van der Waals surface area contributed by atoms with Crippen LogP contribution in [0.1, 0.15) is 0 Å². The third kappa shape index (κ3) is 3.16. The molecule has 3 rings (SSSR count). The molecule has 0 spiro atoms. The van der Waals surface area contributed by atoms with Gasteiger partial charge in [-0.25, -0.2) is 0 Å². The molecule has 3 aliphatic heterocycles. The number of aliphatic hydroxyl groups excluding tert-OH is 6. The second-order valence-corrected chi connectivity index (χ2v) is 5.74. The Balaban J connectivity index is 1.73. The largest absolute Gasteiger partial charge is 0.394 e. The molecule has 10 atom stereocenters. The van der Waals surface area contributed by atoms with Crippen molar-refractivity contribution in [3.05, 3.63) is 0 Å². The van der Waals surface area contributed by atoms with E-state index in [9.17, 15) is 30.6 Å². The first-order chi connectivity index (χ1) is 11.5. The first kappa shape index (κ1) is 18.3. The minimum atomic E-state index is -1.70. The Hall–Kier alpha value is -0.480. The Labute approximate surface area is 135 Å². The van der Waals surface area contributed by atoms with Crippen LogP contribution in [0.25, 0.3) is 0 Å². The molecule has 0 unspecified atom stereocenters. The molecule has 3 fully saturated rings. The number of hydrogen-bond donors (Lipinski definition) is 6. The summed E-state index contributed by atoms with van der Waals surface area (Å²) in [5.74, 6) is 0. The molecule has 3 saturated heterocycles. The minimum Gasteiger partial charge on any atom is -0.394 e. The molecule has 0 aliphatic carbocycles. The van der Waals surface area contributed by atoms with Crippen molar-refractivity contribution < 1.29 is 59.7 Å². The maximum atomic E-state index is 10.2. The van der Waals surface area contributed by atoms with Crippen LogP contribution in [0.5, 0.6) is 0 Å². The SMILES string of the molecule is OC[C@H]1O[C@@H](O)[C@H](O)[C@@H](O)[C@@H]1O[C@@H]1O[C@H](CO)[C@H]2OOO[C@@H]2[C@H]1O. The summed E-state index contributed by atoms with van der Waals surface area (Å²) < 4.78 is 15.8. The third-order valence-electron chi connectivity index (χ3n) is 4.23. The maximum Gasteiger partial charge on any atom is 0.187 e. The van der Waals surface area contributed by atoms with Crippen LogP contribution in [-0.2, 0) is 29.0 Å². The molecule has 0 saturated carbocycles. The van der Waals surface area contributed by atoms with Crippen molar-refractivity contribution in [2.24, 2.45) is 0 Å². The molecule has 0 bridgehead atoms. The fourth-order valence-electron chi connectivity index (χ4n) is 2.88. The van der Waals surface area contributed by atoms with Crippen molar-refractivity contribution >= 4 is 0 Å². The molecule has 12 heteroatoms.